The molecule has 4 rings (SSSR count). The third-order valence-electron chi connectivity index (χ3n) is 5.16. The Balaban J connectivity index is 1.45. The van der Waals surface area contributed by atoms with Gasteiger partial charge in [-0.25, -0.2) is 9.78 Å². The van der Waals surface area contributed by atoms with Gasteiger partial charge in [-0.3, -0.25) is 4.98 Å². The van der Waals surface area contributed by atoms with Crippen molar-refractivity contribution in [1.29, 1.82) is 0 Å². The van der Waals surface area contributed by atoms with E-state index in [1.807, 2.05) is 34.5 Å². The van der Waals surface area contributed by atoms with Gasteiger partial charge in [0.05, 0.1) is 19.8 Å². The molecule has 0 N–H and O–H groups in total. The second kappa shape index (κ2) is 7.86. The van der Waals surface area contributed by atoms with Gasteiger partial charge in [-0.1, -0.05) is 6.07 Å². The molecule has 2 aromatic heterocycles. The first kappa shape index (κ1) is 17.0. The number of pyridine rings is 1. The molecule has 2 aliphatic heterocycles. The Kier molecular flexibility index (Phi) is 5.15. The number of piperidine rings is 1. The minimum Gasteiger partial charge on any atom is -0.378 e. The molecule has 2 amide bonds. The van der Waals surface area contributed by atoms with Gasteiger partial charge in [0.2, 0.25) is 0 Å². The van der Waals surface area contributed by atoms with Crippen LogP contribution in [-0.2, 0) is 11.3 Å². The Bertz CT molecular complexity index is 727. The summed E-state index contributed by atoms with van der Waals surface area (Å²) in [5.41, 5.74) is 1.16. The maximum absolute atomic E-state index is 12.8. The van der Waals surface area contributed by atoms with Gasteiger partial charge in [0.1, 0.15) is 5.82 Å². The molecule has 2 saturated heterocycles. The fraction of sp³-hybridized carbons (Fsp3) is 0.526. The quantitative estimate of drug-likeness (QED) is 0.844. The van der Waals surface area contributed by atoms with Crippen molar-refractivity contribution in [2.75, 3.05) is 39.4 Å². The molecule has 7 heteroatoms. The first-order chi connectivity index (χ1) is 12.8. The predicted molar refractivity (Wildman–Crippen MR) is 96.9 cm³/mol. The van der Waals surface area contributed by atoms with Crippen molar-refractivity contribution in [3.05, 3.63) is 48.3 Å². The van der Waals surface area contributed by atoms with Crippen molar-refractivity contribution in [1.82, 2.24) is 24.3 Å². The number of likely N-dealkylation sites (tertiary alicyclic amines) is 1. The average Bonchev–Trinajstić information content (AvgIpc) is 3.17. The molecular formula is C19H25N5O2. The first-order valence-electron chi connectivity index (χ1n) is 9.33. The fourth-order valence-corrected chi connectivity index (χ4v) is 3.82. The van der Waals surface area contributed by atoms with Gasteiger partial charge in [0, 0.05) is 56.9 Å². The first-order valence-corrected chi connectivity index (χ1v) is 9.33. The van der Waals surface area contributed by atoms with Crippen molar-refractivity contribution in [3.63, 3.8) is 0 Å². The van der Waals surface area contributed by atoms with Crippen molar-refractivity contribution in [2.45, 2.75) is 25.3 Å². The number of aromatic nitrogens is 3. The van der Waals surface area contributed by atoms with E-state index in [1.165, 1.54) is 0 Å². The molecule has 0 bridgehead atoms. The van der Waals surface area contributed by atoms with Crippen molar-refractivity contribution >= 4 is 6.03 Å². The van der Waals surface area contributed by atoms with Gasteiger partial charge in [0.25, 0.3) is 0 Å². The Hall–Kier alpha value is -2.41. The maximum atomic E-state index is 12.8. The van der Waals surface area contributed by atoms with E-state index in [2.05, 4.69) is 20.6 Å². The minimum atomic E-state index is 0.142. The number of amides is 2. The molecule has 4 heterocycles. The molecule has 2 aromatic rings. The van der Waals surface area contributed by atoms with E-state index in [0.29, 0.717) is 26.3 Å². The van der Waals surface area contributed by atoms with E-state index in [9.17, 15) is 4.79 Å². The lowest BCUT2D eigenvalue weighted by atomic mass is 9.97. The van der Waals surface area contributed by atoms with E-state index < -0.39 is 0 Å². The third kappa shape index (κ3) is 3.72. The number of rotatable bonds is 3. The molecule has 0 aromatic carbocycles. The third-order valence-corrected chi connectivity index (χ3v) is 5.16. The molecule has 138 valence electrons. The van der Waals surface area contributed by atoms with Crippen LogP contribution in [0.1, 0.15) is 30.1 Å². The highest BCUT2D eigenvalue weighted by molar-refractivity contribution is 5.74. The van der Waals surface area contributed by atoms with Gasteiger partial charge < -0.3 is 19.1 Å². The molecule has 1 atom stereocenters. The average molecular weight is 355 g/mol. The lowest BCUT2D eigenvalue weighted by Crippen LogP contribution is -2.50. The van der Waals surface area contributed by atoms with E-state index in [1.54, 1.807) is 6.20 Å². The zero-order valence-electron chi connectivity index (χ0n) is 15.0. The number of morpholine rings is 1. The van der Waals surface area contributed by atoms with Gasteiger partial charge in [0.15, 0.2) is 0 Å². The largest absolute Gasteiger partial charge is 0.378 e. The Morgan fingerprint density at radius 3 is 2.88 bits per heavy atom. The number of hydrogen-bond acceptors (Lipinski definition) is 4. The van der Waals surface area contributed by atoms with Crippen LogP contribution in [0.2, 0.25) is 0 Å². The van der Waals surface area contributed by atoms with E-state index >= 15 is 0 Å². The summed E-state index contributed by atoms with van der Waals surface area (Å²) in [6.45, 7) is 4.98. The SMILES string of the molecule is O=C(N1CCOCC1)N1CCCC(c2nccn2Cc2cccnc2)C1. The van der Waals surface area contributed by atoms with Crippen LogP contribution in [0.25, 0.3) is 0 Å². The number of imidazole rings is 1. The second-order valence-electron chi connectivity index (χ2n) is 6.94. The Morgan fingerprint density at radius 1 is 1.19 bits per heavy atom. The van der Waals surface area contributed by atoms with Crippen LogP contribution >= 0.6 is 0 Å². The van der Waals surface area contributed by atoms with Gasteiger partial charge in [-0.15, -0.1) is 0 Å². The fourth-order valence-electron chi connectivity index (χ4n) is 3.82. The van der Waals surface area contributed by atoms with Crippen LogP contribution in [0.4, 0.5) is 4.79 Å². The highest BCUT2D eigenvalue weighted by atomic mass is 16.5. The Morgan fingerprint density at radius 2 is 2.08 bits per heavy atom. The summed E-state index contributed by atoms with van der Waals surface area (Å²) in [5.74, 6) is 1.34. The van der Waals surface area contributed by atoms with Crippen LogP contribution in [0, 0.1) is 0 Å². The van der Waals surface area contributed by atoms with Gasteiger partial charge in [-0.05, 0) is 24.5 Å². The van der Waals surface area contributed by atoms with Gasteiger partial charge in [-0.2, -0.15) is 0 Å². The molecule has 1 unspecified atom stereocenters. The van der Waals surface area contributed by atoms with Crippen molar-refractivity contribution < 1.29 is 9.53 Å². The summed E-state index contributed by atoms with van der Waals surface area (Å²) in [4.78, 5) is 25.5. The van der Waals surface area contributed by atoms with Crippen LogP contribution in [-0.4, -0.2) is 69.8 Å². The number of nitrogens with zero attached hydrogens (tertiary/aromatic N) is 5. The molecule has 2 aliphatic rings. The van der Waals surface area contributed by atoms with Crippen molar-refractivity contribution in [3.8, 4) is 0 Å². The molecular weight excluding hydrogens is 330 g/mol. The lowest BCUT2D eigenvalue weighted by molar-refractivity contribution is 0.0407. The summed E-state index contributed by atoms with van der Waals surface area (Å²) >= 11 is 0. The number of ether oxygens (including phenoxy) is 1. The number of urea groups is 1. The molecule has 0 spiro atoms. The molecule has 0 saturated carbocycles. The highest BCUT2D eigenvalue weighted by Crippen LogP contribution is 2.27. The number of hydrogen-bond donors (Lipinski definition) is 0. The van der Waals surface area contributed by atoms with Crippen molar-refractivity contribution in [2.24, 2.45) is 0 Å². The summed E-state index contributed by atoms with van der Waals surface area (Å²) in [7, 11) is 0. The van der Waals surface area contributed by atoms with Gasteiger partial charge >= 0.3 is 6.03 Å². The van der Waals surface area contributed by atoms with Crippen LogP contribution in [0.15, 0.2) is 36.9 Å². The topological polar surface area (TPSA) is 63.5 Å². The van der Waals surface area contributed by atoms with Crippen LogP contribution < -0.4 is 0 Å². The monoisotopic (exact) mass is 355 g/mol. The minimum absolute atomic E-state index is 0.142. The summed E-state index contributed by atoms with van der Waals surface area (Å²) < 4.78 is 7.54. The second-order valence-corrected chi connectivity index (χ2v) is 6.94. The maximum Gasteiger partial charge on any atom is 0.320 e. The van der Waals surface area contributed by atoms with E-state index in [4.69, 9.17) is 4.74 Å². The lowest BCUT2D eigenvalue weighted by Gasteiger charge is -2.37. The standard InChI is InChI=1S/C19H25N5O2/c25-19(22-9-11-26-12-10-22)24-7-2-4-17(15-24)18-21-6-8-23(18)14-16-3-1-5-20-13-16/h1,3,5-6,8,13,17H,2,4,7,9-12,14-15H2. The smallest absolute Gasteiger partial charge is 0.320 e. The molecule has 0 aliphatic carbocycles. The summed E-state index contributed by atoms with van der Waals surface area (Å²) in [6, 6.07) is 4.17. The predicted octanol–water partition coefficient (Wildman–Crippen LogP) is 1.96. The molecule has 2 fully saturated rings. The zero-order chi connectivity index (χ0) is 17.8. The zero-order valence-corrected chi connectivity index (χ0v) is 15.0. The number of carbonyl (C=O) groups is 1. The molecule has 0 radical (unpaired) electrons. The van der Waals surface area contributed by atoms with Crippen LogP contribution in [0.3, 0.4) is 0 Å². The summed E-state index contributed by atoms with van der Waals surface area (Å²) in [5, 5.41) is 0. The summed E-state index contributed by atoms with van der Waals surface area (Å²) in [6.07, 6.45) is 9.63. The van der Waals surface area contributed by atoms with Crippen LogP contribution in [0.5, 0.6) is 0 Å². The van der Waals surface area contributed by atoms with E-state index in [-0.39, 0.29) is 11.9 Å². The highest BCUT2D eigenvalue weighted by Gasteiger charge is 2.30. The molecule has 7 nitrogen and oxygen atoms in total. The number of carbonyl (C=O) groups excluding carboxylic acids is 1. The molecule has 26 heavy (non-hydrogen) atoms. The normalized spacial score (nSPS) is 21.0. The Labute approximate surface area is 153 Å². The van der Waals surface area contributed by atoms with E-state index in [0.717, 1.165) is 43.9 Å².